The minimum atomic E-state index is 0.807. The van der Waals surface area contributed by atoms with Crippen molar-refractivity contribution >= 4 is 11.2 Å². The van der Waals surface area contributed by atoms with Crippen LogP contribution in [0.1, 0.15) is 16.7 Å². The van der Waals surface area contributed by atoms with Crippen LogP contribution in [0.25, 0.3) is 5.52 Å². The van der Waals surface area contributed by atoms with Gasteiger partial charge in [0.05, 0.1) is 11.1 Å². The first kappa shape index (κ1) is 15.7. The van der Waals surface area contributed by atoms with E-state index in [-0.39, 0.29) is 0 Å². The number of hydrogen-bond donors (Lipinski definition) is 0. The molecule has 4 heteroatoms. The average Bonchev–Trinajstić information content (AvgIpc) is 2.99. The average molecular weight is 330 g/mol. The van der Waals surface area contributed by atoms with E-state index in [0.717, 1.165) is 49.4 Å². The van der Waals surface area contributed by atoms with E-state index in [2.05, 4.69) is 57.7 Å². The van der Waals surface area contributed by atoms with Crippen molar-refractivity contribution in [3.05, 3.63) is 71.5 Å². The normalized spacial score (nSPS) is 15.4. The highest BCUT2D eigenvalue weighted by Gasteiger charge is 2.19. The Balaban J connectivity index is 1.46. The second kappa shape index (κ2) is 6.62. The van der Waals surface area contributed by atoms with E-state index in [1.807, 2.05) is 24.4 Å². The molecule has 4 rings (SSSR count). The van der Waals surface area contributed by atoms with Crippen molar-refractivity contribution in [3.63, 3.8) is 0 Å². The van der Waals surface area contributed by atoms with Crippen molar-refractivity contribution in [1.29, 1.82) is 5.26 Å². The summed E-state index contributed by atoms with van der Waals surface area (Å²) in [5.74, 6) is 0. The Kier molecular flexibility index (Phi) is 4.17. The first-order valence-corrected chi connectivity index (χ1v) is 8.77. The fraction of sp³-hybridized carbons (Fsp3) is 0.286. The van der Waals surface area contributed by atoms with E-state index in [4.69, 9.17) is 0 Å². The third-order valence-electron chi connectivity index (χ3n) is 5.01. The summed E-state index contributed by atoms with van der Waals surface area (Å²) in [5.41, 5.74) is 5.55. The van der Waals surface area contributed by atoms with Gasteiger partial charge in [0.2, 0.25) is 0 Å². The summed E-state index contributed by atoms with van der Waals surface area (Å²) in [6.07, 6.45) is 4.11. The van der Waals surface area contributed by atoms with Crippen LogP contribution in [-0.4, -0.2) is 35.5 Å². The van der Waals surface area contributed by atoms with Crippen molar-refractivity contribution in [1.82, 2.24) is 9.30 Å². The summed E-state index contributed by atoms with van der Waals surface area (Å²) in [4.78, 5) is 4.90. The van der Waals surface area contributed by atoms with Crippen molar-refractivity contribution in [2.45, 2.75) is 13.5 Å². The second-order valence-corrected chi connectivity index (χ2v) is 6.74. The minimum absolute atomic E-state index is 0.807. The number of rotatable bonds is 3. The minimum Gasteiger partial charge on any atom is -0.369 e. The number of fused-ring (bicyclic) bond motifs is 1. The summed E-state index contributed by atoms with van der Waals surface area (Å²) in [6, 6.07) is 17.1. The zero-order valence-corrected chi connectivity index (χ0v) is 14.5. The summed E-state index contributed by atoms with van der Waals surface area (Å²) < 4.78 is 2.05. The van der Waals surface area contributed by atoms with Crippen LogP contribution in [-0.2, 0) is 6.54 Å². The van der Waals surface area contributed by atoms with Crippen LogP contribution < -0.4 is 4.90 Å². The predicted octanol–water partition coefficient (Wildman–Crippen LogP) is 3.44. The predicted molar refractivity (Wildman–Crippen MR) is 101 cm³/mol. The quantitative estimate of drug-likeness (QED) is 0.738. The molecule has 3 heterocycles. The topological polar surface area (TPSA) is 34.7 Å². The number of nitrogens with zero attached hydrogens (tertiary/aromatic N) is 4. The molecule has 126 valence electrons. The van der Waals surface area contributed by atoms with E-state index >= 15 is 0 Å². The largest absolute Gasteiger partial charge is 0.369 e. The number of aryl methyl sites for hydroxylation is 1. The maximum absolute atomic E-state index is 9.56. The smallest absolute Gasteiger partial charge is 0.102 e. The van der Waals surface area contributed by atoms with Gasteiger partial charge in [-0.15, -0.1) is 0 Å². The molecule has 2 aromatic heterocycles. The fourth-order valence-electron chi connectivity index (χ4n) is 3.66. The molecule has 0 saturated carbocycles. The van der Waals surface area contributed by atoms with Crippen molar-refractivity contribution in [2.75, 3.05) is 31.1 Å². The van der Waals surface area contributed by atoms with Gasteiger partial charge >= 0.3 is 0 Å². The monoisotopic (exact) mass is 330 g/mol. The summed E-state index contributed by atoms with van der Waals surface area (Å²) in [6.45, 7) is 7.07. The summed E-state index contributed by atoms with van der Waals surface area (Å²) in [7, 11) is 0. The fourth-order valence-corrected chi connectivity index (χ4v) is 3.66. The third kappa shape index (κ3) is 3.11. The Morgan fingerprint density at radius 2 is 1.88 bits per heavy atom. The number of piperazine rings is 1. The van der Waals surface area contributed by atoms with E-state index < -0.39 is 0 Å². The summed E-state index contributed by atoms with van der Waals surface area (Å²) in [5, 5.41) is 9.56. The van der Waals surface area contributed by atoms with Crippen LogP contribution in [0.5, 0.6) is 0 Å². The van der Waals surface area contributed by atoms with Gasteiger partial charge in [0.1, 0.15) is 6.07 Å². The highest BCUT2D eigenvalue weighted by Crippen LogP contribution is 2.22. The van der Waals surface area contributed by atoms with Crippen molar-refractivity contribution in [2.24, 2.45) is 0 Å². The number of hydrogen-bond acceptors (Lipinski definition) is 3. The van der Waals surface area contributed by atoms with Crippen molar-refractivity contribution < 1.29 is 0 Å². The van der Waals surface area contributed by atoms with E-state index in [9.17, 15) is 5.26 Å². The lowest BCUT2D eigenvalue weighted by molar-refractivity contribution is 0.250. The van der Waals surface area contributed by atoms with Crippen LogP contribution in [0.2, 0.25) is 0 Å². The first-order chi connectivity index (χ1) is 12.2. The molecular formula is C21H22N4. The molecule has 3 aromatic rings. The van der Waals surface area contributed by atoms with Crippen LogP contribution in [0.3, 0.4) is 0 Å². The Bertz CT molecular complexity index is 926. The Morgan fingerprint density at radius 1 is 1.04 bits per heavy atom. The second-order valence-electron chi connectivity index (χ2n) is 6.74. The van der Waals surface area contributed by atoms with Gasteiger partial charge < -0.3 is 9.30 Å². The number of anilines is 1. The lowest BCUT2D eigenvalue weighted by Gasteiger charge is -2.36. The van der Waals surface area contributed by atoms with Gasteiger partial charge in [0.15, 0.2) is 0 Å². The van der Waals surface area contributed by atoms with Crippen LogP contribution in [0, 0.1) is 18.3 Å². The molecular weight excluding hydrogens is 308 g/mol. The molecule has 0 unspecified atom stereocenters. The summed E-state index contributed by atoms with van der Waals surface area (Å²) >= 11 is 0. The lowest BCUT2D eigenvalue weighted by atomic mass is 10.1. The highest BCUT2D eigenvalue weighted by atomic mass is 15.3. The molecule has 1 aliphatic rings. The molecule has 0 amide bonds. The van der Waals surface area contributed by atoms with Crippen molar-refractivity contribution in [3.8, 4) is 6.07 Å². The van der Waals surface area contributed by atoms with E-state index in [1.54, 1.807) is 0 Å². The van der Waals surface area contributed by atoms with Crippen LogP contribution in [0.4, 0.5) is 5.69 Å². The Morgan fingerprint density at radius 3 is 2.64 bits per heavy atom. The van der Waals surface area contributed by atoms with Gasteiger partial charge in [-0.3, -0.25) is 4.90 Å². The molecule has 0 spiro atoms. The SMILES string of the molecule is Cc1cccc(N2CCN(Cc3cn4ccccc4c3C#N)CC2)c1. The zero-order valence-electron chi connectivity index (χ0n) is 14.5. The standard InChI is InChI=1S/C21H22N4/c1-17-5-4-6-19(13-17)24-11-9-23(10-12-24)15-18-16-25-8-3-2-7-21(25)20(18)14-22/h2-8,13,16H,9-12,15H2,1H3. The number of nitriles is 1. The van der Waals surface area contributed by atoms with Gasteiger partial charge in [-0.05, 0) is 36.8 Å². The third-order valence-corrected chi connectivity index (χ3v) is 5.01. The molecule has 1 fully saturated rings. The molecule has 0 N–H and O–H groups in total. The van der Waals surface area contributed by atoms with Gasteiger partial charge in [-0.2, -0.15) is 5.26 Å². The molecule has 0 aliphatic carbocycles. The molecule has 1 saturated heterocycles. The molecule has 1 aliphatic heterocycles. The zero-order chi connectivity index (χ0) is 17.2. The molecule has 4 nitrogen and oxygen atoms in total. The molecule has 25 heavy (non-hydrogen) atoms. The molecule has 0 bridgehead atoms. The highest BCUT2D eigenvalue weighted by molar-refractivity contribution is 5.65. The number of pyridine rings is 1. The molecule has 1 aromatic carbocycles. The lowest BCUT2D eigenvalue weighted by Crippen LogP contribution is -2.46. The first-order valence-electron chi connectivity index (χ1n) is 8.77. The van der Waals surface area contributed by atoms with Crippen LogP contribution in [0.15, 0.2) is 54.9 Å². The Labute approximate surface area is 148 Å². The van der Waals surface area contributed by atoms with Gasteiger partial charge in [0, 0.05) is 56.4 Å². The number of aromatic nitrogens is 1. The van der Waals surface area contributed by atoms with E-state index in [0.29, 0.717) is 0 Å². The Hall–Kier alpha value is -2.77. The van der Waals surface area contributed by atoms with Gasteiger partial charge in [-0.25, -0.2) is 0 Å². The van der Waals surface area contributed by atoms with Crippen LogP contribution >= 0.6 is 0 Å². The number of benzene rings is 1. The maximum atomic E-state index is 9.56. The van der Waals surface area contributed by atoms with E-state index in [1.165, 1.54) is 11.3 Å². The van der Waals surface area contributed by atoms with Gasteiger partial charge in [-0.1, -0.05) is 18.2 Å². The maximum Gasteiger partial charge on any atom is 0.102 e. The molecule has 0 radical (unpaired) electrons. The van der Waals surface area contributed by atoms with Gasteiger partial charge in [0.25, 0.3) is 0 Å². The molecule has 0 atom stereocenters.